The molecule has 1 radical (unpaired) electrons. The Kier molecular flexibility index (Phi) is 9.06. The summed E-state index contributed by atoms with van der Waals surface area (Å²) in [6.45, 7) is 9.77. The van der Waals surface area contributed by atoms with E-state index in [-0.39, 0.29) is 10.1 Å². The highest BCUT2D eigenvalue weighted by molar-refractivity contribution is 6.44. The Labute approximate surface area is 342 Å². The number of rotatable bonds is 10. The van der Waals surface area contributed by atoms with E-state index in [9.17, 15) is 0 Å². The second-order valence-corrected chi connectivity index (χ2v) is 19.5. The minimum Gasteiger partial charge on any atom is -0.0836 e. The van der Waals surface area contributed by atoms with E-state index in [2.05, 4.69) is 192 Å². The van der Waals surface area contributed by atoms with Crippen molar-refractivity contribution >= 4 is 42.7 Å². The Morgan fingerprint density at radius 2 is 1.42 bits per heavy atom. The first kappa shape index (κ1) is 36.1. The van der Waals surface area contributed by atoms with Crippen LogP contribution in [0.1, 0.15) is 81.2 Å². The molecule has 0 aliphatic heterocycles. The Balaban J connectivity index is 1.21. The first-order valence-corrected chi connectivity index (χ1v) is 22.5. The topological polar surface area (TPSA) is 0 Å². The Bertz CT molecular complexity index is 2700. The van der Waals surface area contributed by atoms with Gasteiger partial charge in [-0.2, -0.15) is 0 Å². The highest BCUT2D eigenvalue weighted by Gasteiger charge is 2.55. The van der Waals surface area contributed by atoms with Gasteiger partial charge in [0.1, 0.15) is 10.1 Å². The van der Waals surface area contributed by atoms with Gasteiger partial charge in [0, 0.05) is 0 Å². The van der Waals surface area contributed by atoms with Gasteiger partial charge in [0.15, 0.2) is 0 Å². The zero-order valence-corrected chi connectivity index (χ0v) is 34.9. The van der Waals surface area contributed by atoms with Gasteiger partial charge in [-0.1, -0.05) is 166 Å². The molecule has 279 valence electrons. The van der Waals surface area contributed by atoms with E-state index < -0.39 is 0 Å². The predicted molar refractivity (Wildman–Crippen MR) is 247 cm³/mol. The lowest BCUT2D eigenvalue weighted by atomic mass is 9.77. The van der Waals surface area contributed by atoms with Crippen molar-refractivity contribution in [3.05, 3.63) is 191 Å². The van der Waals surface area contributed by atoms with Crippen molar-refractivity contribution < 1.29 is 0 Å². The monoisotopic (exact) mass is 752 g/mol. The van der Waals surface area contributed by atoms with E-state index in [1.165, 1.54) is 82.8 Å². The molecule has 1 saturated carbocycles. The minimum absolute atomic E-state index is 0.0602. The van der Waals surface area contributed by atoms with E-state index in [0.717, 1.165) is 41.6 Å². The van der Waals surface area contributed by atoms with E-state index >= 15 is 0 Å². The maximum Gasteiger partial charge on any atom is 0.505 e. The van der Waals surface area contributed by atoms with Crippen LogP contribution >= 0.6 is 0 Å². The van der Waals surface area contributed by atoms with E-state index in [1.54, 1.807) is 0 Å². The molecule has 1 fully saturated rings. The average Bonchev–Trinajstić information content (AvgIpc) is 4.03. The molecular formula is C56H52Si+. The van der Waals surface area contributed by atoms with Crippen molar-refractivity contribution in [1.82, 2.24) is 0 Å². The van der Waals surface area contributed by atoms with Gasteiger partial charge in [-0.3, -0.25) is 0 Å². The molecule has 6 aromatic carbocycles. The zero-order chi connectivity index (χ0) is 38.7. The van der Waals surface area contributed by atoms with Crippen molar-refractivity contribution in [3.8, 4) is 22.3 Å². The van der Waals surface area contributed by atoms with E-state index in [4.69, 9.17) is 0 Å². The van der Waals surface area contributed by atoms with Crippen molar-refractivity contribution in [2.24, 2.45) is 17.8 Å². The smallest absolute Gasteiger partial charge is 0.0836 e. The third kappa shape index (κ3) is 6.09. The summed E-state index contributed by atoms with van der Waals surface area (Å²) in [5, 5.41) is 5.52. The summed E-state index contributed by atoms with van der Waals surface area (Å²) < 4.78 is 0. The molecule has 0 amide bonds. The summed E-state index contributed by atoms with van der Waals surface area (Å²) in [5.74, 6) is 1.87. The molecule has 4 unspecified atom stereocenters. The van der Waals surface area contributed by atoms with Crippen LogP contribution in [-0.2, 0) is 16.5 Å². The second kappa shape index (κ2) is 14.3. The van der Waals surface area contributed by atoms with Crippen LogP contribution in [0.15, 0.2) is 163 Å². The summed E-state index contributed by atoms with van der Waals surface area (Å²) in [5.41, 5.74) is 15.5. The molecule has 57 heavy (non-hydrogen) atoms. The van der Waals surface area contributed by atoms with Gasteiger partial charge in [-0.15, -0.1) is 0 Å². The number of benzene rings is 6. The lowest BCUT2D eigenvalue weighted by Crippen LogP contribution is -2.44. The highest BCUT2D eigenvalue weighted by Crippen LogP contribution is 2.59. The van der Waals surface area contributed by atoms with Crippen LogP contribution in [0, 0.1) is 17.8 Å². The normalized spacial score (nSPS) is 20.3. The second-order valence-electron chi connectivity index (χ2n) is 17.1. The molecule has 0 heterocycles. The zero-order valence-electron chi connectivity index (χ0n) is 33.9. The fourth-order valence-electron chi connectivity index (χ4n) is 10.7. The summed E-state index contributed by atoms with van der Waals surface area (Å²) in [6, 6.07) is 44.1. The SMILES string of the molecule is CCC(C)([Si+]C(CC)(CC)c1ccc2c(C3=CC4C5C=CC=CC(=C3)C54)c3c(c(-c4cccc(-c5ccc6ccccc6c5)c4)c2c1)C=CCC3)c1ccccc1. The summed E-state index contributed by atoms with van der Waals surface area (Å²) in [6.07, 6.45) is 24.9. The molecule has 0 aromatic heterocycles. The minimum atomic E-state index is 0.0602. The lowest BCUT2D eigenvalue weighted by Gasteiger charge is -2.30. The van der Waals surface area contributed by atoms with Crippen molar-refractivity contribution in [2.75, 3.05) is 0 Å². The third-order valence-corrected chi connectivity index (χ3v) is 16.8. The Morgan fingerprint density at radius 1 is 0.632 bits per heavy atom. The molecule has 4 atom stereocenters. The van der Waals surface area contributed by atoms with Crippen molar-refractivity contribution in [3.63, 3.8) is 0 Å². The van der Waals surface area contributed by atoms with Gasteiger partial charge < -0.3 is 0 Å². The third-order valence-electron chi connectivity index (χ3n) is 14.2. The van der Waals surface area contributed by atoms with Crippen LogP contribution in [0.2, 0.25) is 0 Å². The summed E-state index contributed by atoms with van der Waals surface area (Å²) in [4.78, 5) is 0. The number of fused-ring (bicyclic) bond motifs is 4. The molecule has 1 heteroatoms. The van der Waals surface area contributed by atoms with Gasteiger partial charge in [-0.05, 0) is 158 Å². The van der Waals surface area contributed by atoms with E-state index in [1.807, 2.05) is 0 Å². The van der Waals surface area contributed by atoms with Gasteiger partial charge in [0.2, 0.25) is 0 Å². The molecule has 0 spiro atoms. The standard InChI is InChI=1S/C56H52Si/c1-5-55(4,44-23-9-8-10-24-44)57-56(6-2,7-3)45-30-31-49-51(36-45)52(42-22-17-21-39(33-42)40-29-28-37-18-11-12-19-38(37)32-40)46-25-15-16-26-47(46)54(49)43-34-41-20-13-14-27-48-50(35-43)53(41)48/h8-15,17-25,27-36,48,50,53H,5-7,16,26H2,1-4H3/q+1. The van der Waals surface area contributed by atoms with Gasteiger partial charge >= 0.3 is 9.52 Å². The predicted octanol–water partition coefficient (Wildman–Crippen LogP) is 14.6. The summed E-state index contributed by atoms with van der Waals surface area (Å²) in [7, 11) is 0.759. The van der Waals surface area contributed by atoms with Crippen molar-refractivity contribution in [2.45, 2.75) is 69.9 Å². The lowest BCUT2D eigenvalue weighted by molar-refractivity contribution is 0.514. The fourth-order valence-corrected chi connectivity index (χ4v) is 12.9. The molecule has 0 saturated heterocycles. The largest absolute Gasteiger partial charge is 0.505 e. The fraction of sp³-hybridized carbons (Fsp3) is 0.250. The van der Waals surface area contributed by atoms with Crippen LogP contribution in [0.5, 0.6) is 0 Å². The number of hydrogen-bond acceptors (Lipinski definition) is 0. The molecule has 10 rings (SSSR count). The maximum atomic E-state index is 2.66. The molecule has 4 aliphatic rings. The Morgan fingerprint density at radius 3 is 2.25 bits per heavy atom. The molecule has 0 nitrogen and oxygen atoms in total. The van der Waals surface area contributed by atoms with Gasteiger partial charge in [-0.25, -0.2) is 0 Å². The van der Waals surface area contributed by atoms with Crippen LogP contribution in [0.25, 0.3) is 55.4 Å². The molecule has 6 aromatic rings. The quantitative estimate of drug-likeness (QED) is 0.122. The van der Waals surface area contributed by atoms with Crippen LogP contribution in [0.3, 0.4) is 0 Å². The van der Waals surface area contributed by atoms with Crippen LogP contribution in [0.4, 0.5) is 0 Å². The average molecular weight is 753 g/mol. The highest BCUT2D eigenvalue weighted by atomic mass is 28.2. The molecule has 4 aliphatic carbocycles. The number of hydrogen-bond donors (Lipinski definition) is 0. The van der Waals surface area contributed by atoms with Crippen LogP contribution in [-0.4, -0.2) is 9.52 Å². The molecule has 0 N–H and O–H groups in total. The van der Waals surface area contributed by atoms with Crippen LogP contribution < -0.4 is 0 Å². The Hall–Kier alpha value is -5.24. The maximum absolute atomic E-state index is 2.66. The molecular weight excluding hydrogens is 701 g/mol. The van der Waals surface area contributed by atoms with Crippen molar-refractivity contribution in [1.29, 1.82) is 0 Å². The molecule has 0 bridgehead atoms. The first-order chi connectivity index (χ1) is 27.9. The van der Waals surface area contributed by atoms with Gasteiger partial charge in [0.25, 0.3) is 0 Å². The first-order valence-electron chi connectivity index (χ1n) is 21.5. The number of allylic oxidation sites excluding steroid dienone is 9. The van der Waals surface area contributed by atoms with E-state index in [0.29, 0.717) is 17.8 Å². The summed E-state index contributed by atoms with van der Waals surface area (Å²) >= 11 is 0. The van der Waals surface area contributed by atoms with Gasteiger partial charge in [0.05, 0.1) is 0 Å².